The number of hydrogen-bond acceptors (Lipinski definition) is 5. The van der Waals surface area contributed by atoms with Crippen molar-refractivity contribution in [2.75, 3.05) is 30.3 Å². The molecule has 7 nitrogen and oxygen atoms in total. The molecule has 5 rings (SSSR count). The molecule has 2 aromatic carbocycles. The van der Waals surface area contributed by atoms with Crippen molar-refractivity contribution in [2.24, 2.45) is 0 Å². The maximum Gasteiger partial charge on any atom is 0.240 e. The average Bonchev–Trinajstić information content (AvgIpc) is 3.53. The predicted molar refractivity (Wildman–Crippen MR) is 152 cm³/mol. The summed E-state index contributed by atoms with van der Waals surface area (Å²) >= 11 is 1.55. The summed E-state index contributed by atoms with van der Waals surface area (Å²) in [7, 11) is 0. The van der Waals surface area contributed by atoms with Crippen molar-refractivity contribution in [3.05, 3.63) is 76.7 Å². The predicted octanol–water partition coefficient (Wildman–Crippen LogP) is 5.08. The van der Waals surface area contributed by atoms with Gasteiger partial charge in [-0.2, -0.15) is 5.10 Å². The van der Waals surface area contributed by atoms with Gasteiger partial charge in [-0.25, -0.2) is 9.07 Å². The largest absolute Gasteiger partial charge is 0.376 e. The summed E-state index contributed by atoms with van der Waals surface area (Å²) in [5.41, 5.74) is 4.22. The van der Waals surface area contributed by atoms with Crippen LogP contribution >= 0.6 is 11.8 Å². The average molecular weight is 551 g/mol. The first-order valence-corrected chi connectivity index (χ1v) is 14.4. The molecular weight excluding hydrogens is 515 g/mol. The van der Waals surface area contributed by atoms with Crippen LogP contribution in [0.25, 0.3) is 5.69 Å². The molecule has 39 heavy (non-hydrogen) atoms. The molecule has 2 amide bonds. The molecule has 1 aromatic heterocycles. The summed E-state index contributed by atoms with van der Waals surface area (Å²) in [5, 5.41) is 7.83. The highest BCUT2D eigenvalue weighted by molar-refractivity contribution is 8.00. The van der Waals surface area contributed by atoms with Gasteiger partial charge in [0.25, 0.3) is 0 Å². The molecule has 0 bridgehead atoms. The SMILES string of the molecule is Cc1ccccc1[C@@H]1SCC(=O)N(CC(=O)NC[C@@H]2CCCO2)c2c1c(C(C)(C)C)nn2-c1ccc(F)cc1. The lowest BCUT2D eigenvalue weighted by Gasteiger charge is -2.25. The van der Waals surface area contributed by atoms with Crippen LogP contribution in [0.4, 0.5) is 10.2 Å². The maximum absolute atomic E-state index is 13.9. The molecule has 1 fully saturated rings. The van der Waals surface area contributed by atoms with E-state index in [9.17, 15) is 14.0 Å². The van der Waals surface area contributed by atoms with E-state index in [0.29, 0.717) is 24.7 Å². The molecule has 2 aliphatic rings. The van der Waals surface area contributed by atoms with Gasteiger partial charge in [-0.05, 0) is 55.2 Å². The number of fused-ring (bicyclic) bond motifs is 1. The van der Waals surface area contributed by atoms with Crippen LogP contribution in [0.5, 0.6) is 0 Å². The van der Waals surface area contributed by atoms with Crippen LogP contribution in [0.2, 0.25) is 0 Å². The number of amides is 2. The third-order valence-electron chi connectivity index (χ3n) is 7.19. The Morgan fingerprint density at radius 3 is 2.59 bits per heavy atom. The van der Waals surface area contributed by atoms with E-state index in [-0.39, 0.29) is 46.7 Å². The van der Waals surface area contributed by atoms with E-state index in [4.69, 9.17) is 9.84 Å². The molecule has 0 radical (unpaired) electrons. The highest BCUT2D eigenvalue weighted by atomic mass is 32.2. The maximum atomic E-state index is 13.9. The third-order valence-corrected chi connectivity index (χ3v) is 8.43. The van der Waals surface area contributed by atoms with Crippen LogP contribution < -0.4 is 10.2 Å². The molecule has 1 N–H and O–H groups in total. The minimum Gasteiger partial charge on any atom is -0.376 e. The van der Waals surface area contributed by atoms with Gasteiger partial charge < -0.3 is 10.1 Å². The van der Waals surface area contributed by atoms with E-state index >= 15 is 0 Å². The van der Waals surface area contributed by atoms with E-state index in [1.807, 2.05) is 12.1 Å². The number of anilines is 1. The fourth-order valence-corrected chi connectivity index (χ4v) is 6.49. The van der Waals surface area contributed by atoms with Crippen molar-refractivity contribution in [1.82, 2.24) is 15.1 Å². The Balaban J connectivity index is 1.66. The Hall–Kier alpha value is -3.17. The minimum absolute atomic E-state index is 0.00238. The zero-order valence-electron chi connectivity index (χ0n) is 22.9. The second-order valence-corrected chi connectivity index (χ2v) is 12.3. The minimum atomic E-state index is -0.363. The number of aryl methyl sites for hydroxylation is 1. The summed E-state index contributed by atoms with van der Waals surface area (Å²) in [6, 6.07) is 14.2. The van der Waals surface area contributed by atoms with E-state index in [0.717, 1.165) is 35.2 Å². The van der Waals surface area contributed by atoms with Gasteiger partial charge in [-0.15, -0.1) is 11.8 Å². The fourth-order valence-electron chi connectivity index (χ4n) is 5.19. The topological polar surface area (TPSA) is 76.5 Å². The molecule has 1 saturated heterocycles. The number of halogens is 1. The number of ether oxygens (including phenoxy) is 1. The number of nitrogens with zero attached hydrogens (tertiary/aromatic N) is 3. The van der Waals surface area contributed by atoms with Gasteiger partial charge in [0.05, 0.1) is 28.5 Å². The molecule has 0 saturated carbocycles. The second kappa shape index (κ2) is 11.1. The lowest BCUT2D eigenvalue weighted by molar-refractivity contribution is -0.123. The zero-order valence-corrected chi connectivity index (χ0v) is 23.7. The second-order valence-electron chi connectivity index (χ2n) is 11.2. The van der Waals surface area contributed by atoms with Crippen molar-refractivity contribution in [2.45, 2.75) is 57.3 Å². The molecule has 206 valence electrons. The third kappa shape index (κ3) is 5.75. The van der Waals surface area contributed by atoms with Crippen molar-refractivity contribution in [1.29, 1.82) is 0 Å². The van der Waals surface area contributed by atoms with Crippen LogP contribution in [0, 0.1) is 12.7 Å². The molecule has 9 heteroatoms. The van der Waals surface area contributed by atoms with Gasteiger partial charge in [0.1, 0.15) is 18.2 Å². The lowest BCUT2D eigenvalue weighted by Crippen LogP contribution is -2.44. The molecule has 0 spiro atoms. The van der Waals surface area contributed by atoms with E-state index < -0.39 is 0 Å². The van der Waals surface area contributed by atoms with Crippen molar-refractivity contribution in [3.63, 3.8) is 0 Å². The fraction of sp³-hybridized carbons (Fsp3) is 0.433. The monoisotopic (exact) mass is 550 g/mol. The van der Waals surface area contributed by atoms with Gasteiger partial charge in [-0.3, -0.25) is 14.5 Å². The Morgan fingerprint density at radius 1 is 1.18 bits per heavy atom. The van der Waals surface area contributed by atoms with E-state index in [1.165, 1.54) is 12.1 Å². The van der Waals surface area contributed by atoms with Crippen LogP contribution in [0.3, 0.4) is 0 Å². The summed E-state index contributed by atoms with van der Waals surface area (Å²) in [6.45, 7) is 9.33. The number of carbonyl (C=O) groups excluding carboxylic acids is 2. The number of rotatable bonds is 6. The van der Waals surface area contributed by atoms with Crippen molar-refractivity contribution in [3.8, 4) is 5.69 Å². The van der Waals surface area contributed by atoms with Crippen molar-refractivity contribution < 1.29 is 18.7 Å². The number of hydrogen-bond donors (Lipinski definition) is 1. The normalized spacial score (nSPS) is 19.6. The Labute approximate surface area is 233 Å². The van der Waals surface area contributed by atoms with Gasteiger partial charge in [0, 0.05) is 24.1 Å². The quantitative estimate of drug-likeness (QED) is 0.463. The van der Waals surface area contributed by atoms with Crippen LogP contribution in [-0.4, -0.2) is 53.1 Å². The number of benzene rings is 2. The van der Waals surface area contributed by atoms with E-state index in [2.05, 4.69) is 45.1 Å². The van der Waals surface area contributed by atoms with Gasteiger partial charge in [0.2, 0.25) is 11.8 Å². The van der Waals surface area contributed by atoms with Gasteiger partial charge >= 0.3 is 0 Å². The Kier molecular flexibility index (Phi) is 7.82. The Morgan fingerprint density at radius 2 is 1.92 bits per heavy atom. The van der Waals surface area contributed by atoms with Crippen LogP contribution in [0.15, 0.2) is 48.5 Å². The molecule has 3 aromatic rings. The molecule has 0 unspecified atom stereocenters. The smallest absolute Gasteiger partial charge is 0.240 e. The standard InChI is InChI=1S/C30H35FN4O3S/c1-19-8-5-6-10-23(19)27-26-28(30(2,3)4)33-35(21-13-11-20(31)12-14-21)29(26)34(25(37)18-39-27)17-24(36)32-16-22-9-7-15-38-22/h5-6,8,10-14,22,27H,7,9,15-18H2,1-4H3,(H,32,36)/t22-,27-/m0/s1. The zero-order chi connectivity index (χ0) is 27.7. The number of carbonyl (C=O) groups is 2. The highest BCUT2D eigenvalue weighted by Gasteiger charge is 2.40. The first-order chi connectivity index (χ1) is 18.6. The molecule has 2 aliphatic heterocycles. The Bertz CT molecular complexity index is 1360. The summed E-state index contributed by atoms with van der Waals surface area (Å²) in [4.78, 5) is 28.5. The van der Waals surface area contributed by atoms with Crippen LogP contribution in [-0.2, 0) is 19.7 Å². The summed E-state index contributed by atoms with van der Waals surface area (Å²) in [5.74, 6) is -0.0221. The summed E-state index contributed by atoms with van der Waals surface area (Å²) in [6.07, 6.45) is 1.90. The lowest BCUT2D eigenvalue weighted by atomic mass is 9.86. The van der Waals surface area contributed by atoms with Crippen LogP contribution in [0.1, 0.15) is 61.2 Å². The van der Waals surface area contributed by atoms with E-state index in [1.54, 1.807) is 33.5 Å². The number of thioether (sulfide) groups is 1. The summed E-state index contributed by atoms with van der Waals surface area (Å²) < 4.78 is 21.2. The van der Waals surface area contributed by atoms with Gasteiger partial charge in [-0.1, -0.05) is 45.0 Å². The highest BCUT2D eigenvalue weighted by Crippen LogP contribution is 2.49. The number of nitrogens with one attached hydrogen (secondary N) is 1. The van der Waals surface area contributed by atoms with Crippen molar-refractivity contribution >= 4 is 29.4 Å². The van der Waals surface area contributed by atoms with Gasteiger partial charge in [0.15, 0.2) is 0 Å². The molecule has 0 aliphatic carbocycles. The first-order valence-electron chi connectivity index (χ1n) is 13.4. The molecule has 3 heterocycles. The molecular formula is C30H35FN4O3S. The molecule has 2 atom stereocenters. The number of aromatic nitrogens is 2. The first kappa shape index (κ1) is 27.4.